The fourth-order valence-electron chi connectivity index (χ4n) is 10.3. The Hall–Kier alpha value is -3.87. The van der Waals surface area contributed by atoms with Crippen LogP contribution in [0.1, 0.15) is 148 Å². The molecule has 64 heavy (non-hydrogen) atoms. The minimum atomic E-state index is -2.87. The quantitative estimate of drug-likeness (QED) is 0.115. The Bertz CT molecular complexity index is 2500. The van der Waals surface area contributed by atoms with Gasteiger partial charge in [-0.1, -0.05) is 0 Å². The van der Waals surface area contributed by atoms with Crippen LogP contribution in [-0.4, -0.2) is 3.21 Å². The van der Waals surface area contributed by atoms with Gasteiger partial charge in [0.2, 0.25) is 0 Å². The number of rotatable bonds is 12. The third-order valence-electron chi connectivity index (χ3n) is 14.0. The van der Waals surface area contributed by atoms with Gasteiger partial charge >= 0.3 is 385 Å². The van der Waals surface area contributed by atoms with Crippen molar-refractivity contribution < 1.29 is 21.3 Å². The summed E-state index contributed by atoms with van der Waals surface area (Å²) < 4.78 is 3.84. The van der Waals surface area contributed by atoms with E-state index >= 15 is 0 Å². The summed E-state index contributed by atoms with van der Waals surface area (Å²) in [6.45, 7) is 24.0. The van der Waals surface area contributed by atoms with Crippen LogP contribution in [0.5, 0.6) is 0 Å². The van der Waals surface area contributed by atoms with Crippen molar-refractivity contribution in [3.63, 3.8) is 0 Å². The van der Waals surface area contributed by atoms with Crippen molar-refractivity contribution in [1.29, 1.82) is 0 Å². The molecule has 0 nitrogen and oxygen atoms in total. The molecule has 2 atom stereocenters. The van der Waals surface area contributed by atoms with E-state index < -0.39 is 21.3 Å². The first-order chi connectivity index (χ1) is 29.8. The van der Waals surface area contributed by atoms with E-state index in [9.17, 15) is 0 Å². The van der Waals surface area contributed by atoms with E-state index in [0.717, 1.165) is 32.1 Å². The van der Waals surface area contributed by atoms with Crippen molar-refractivity contribution in [3.05, 3.63) is 199 Å². The molecule has 6 aromatic carbocycles. The number of fused-ring (bicyclic) bond motifs is 3. The third-order valence-corrected chi connectivity index (χ3v) is 22.3. The van der Waals surface area contributed by atoms with Gasteiger partial charge in [0.15, 0.2) is 0 Å². The molecule has 0 saturated carbocycles. The molecule has 0 radical (unpaired) electrons. The summed E-state index contributed by atoms with van der Waals surface area (Å²) in [5.41, 5.74) is 20.3. The molecule has 8 rings (SSSR count). The summed E-state index contributed by atoms with van der Waals surface area (Å²) in [6.07, 6.45) is 12.7. The largest absolute Gasteiger partial charge is 0.147 e. The summed E-state index contributed by atoms with van der Waals surface area (Å²) >= 11 is -2.87. The molecule has 0 N–H and O–H groups in total. The number of allylic oxidation sites excluding steroid dienone is 4. The standard InChI is InChI=1S/C41H49.C15H14.C5H5.2ClH.Zr/c1-11-26(3)30-17-13-15-19-32(30)36-22-28-21-29-23-37(33-20-16-14-18-31(33)27(4)12-2)39(41(8,9)10)25-35(29)34(28)24-38(36)40(5,6)7;1-3-8-14(9-4-1)12-7-13-15-10-5-2-6-11-15;1-2-4-5-3-1;;;/h13-27H,11-12H2,1-10H3;1-6,8-11H,12-13H2;1-3H,4H2;2*1H;. The van der Waals surface area contributed by atoms with Crippen molar-refractivity contribution in [2.24, 2.45) is 0 Å². The maximum atomic E-state index is 2.73. The number of hydrogen-bond acceptors (Lipinski definition) is 0. The third kappa shape index (κ3) is 10.1. The summed E-state index contributed by atoms with van der Waals surface area (Å²) in [7, 11) is 0. The molecule has 0 fully saturated rings. The normalized spacial score (nSPS) is 15.0. The molecule has 2 unspecified atom stereocenters. The van der Waals surface area contributed by atoms with Crippen LogP contribution < -0.4 is 0 Å². The Morgan fingerprint density at radius 1 is 0.531 bits per heavy atom. The Morgan fingerprint density at radius 2 is 0.938 bits per heavy atom. The van der Waals surface area contributed by atoms with Gasteiger partial charge < -0.3 is 0 Å². The van der Waals surface area contributed by atoms with Crippen molar-refractivity contribution in [1.82, 2.24) is 0 Å². The number of benzene rings is 6. The zero-order valence-corrected chi connectivity index (χ0v) is 44.1. The van der Waals surface area contributed by atoms with Crippen molar-refractivity contribution >= 4 is 28.0 Å². The minimum Gasteiger partial charge on any atom is -0.147 e. The van der Waals surface area contributed by atoms with E-state index in [1.807, 2.05) is 0 Å². The monoisotopic (exact) mass is 962 g/mol. The van der Waals surface area contributed by atoms with Crippen LogP contribution in [0.15, 0.2) is 155 Å². The van der Waals surface area contributed by atoms with Gasteiger partial charge in [0.25, 0.3) is 0 Å². The first kappa shape index (κ1) is 49.6. The first-order valence-corrected chi connectivity index (χ1v) is 27.4. The molecule has 2 aliphatic carbocycles. The van der Waals surface area contributed by atoms with Crippen LogP contribution in [0, 0.1) is 0 Å². The van der Waals surface area contributed by atoms with Gasteiger partial charge in [-0.2, -0.15) is 0 Å². The van der Waals surface area contributed by atoms with Gasteiger partial charge in [-0.25, -0.2) is 0 Å². The Morgan fingerprint density at radius 3 is 1.31 bits per heavy atom. The molecular formula is C61H70Cl2Zr. The molecule has 6 aromatic rings. The van der Waals surface area contributed by atoms with E-state index in [4.69, 9.17) is 0 Å². The van der Waals surface area contributed by atoms with Crippen molar-refractivity contribution in [2.75, 3.05) is 0 Å². The zero-order valence-electron chi connectivity index (χ0n) is 40.0. The van der Waals surface area contributed by atoms with Crippen LogP contribution in [0.2, 0.25) is 0 Å². The van der Waals surface area contributed by atoms with Gasteiger partial charge in [0.05, 0.1) is 0 Å². The fourth-order valence-corrected chi connectivity index (χ4v) is 19.5. The molecule has 0 aliphatic heterocycles. The average molecular weight is 965 g/mol. The molecule has 2 aliphatic rings. The van der Waals surface area contributed by atoms with Gasteiger partial charge in [0, 0.05) is 0 Å². The molecule has 0 saturated heterocycles. The first-order valence-electron chi connectivity index (χ1n) is 23.5. The van der Waals surface area contributed by atoms with Gasteiger partial charge in [-0.15, -0.1) is 24.8 Å². The molecular weight excluding hydrogens is 895 g/mol. The molecule has 0 heterocycles. The summed E-state index contributed by atoms with van der Waals surface area (Å²) in [5, 5.41) is 0. The molecule has 0 spiro atoms. The minimum absolute atomic E-state index is 0. The molecule has 0 aromatic heterocycles. The topological polar surface area (TPSA) is 0 Å². The Labute approximate surface area is 406 Å². The summed E-state index contributed by atoms with van der Waals surface area (Å²) in [6, 6.07) is 52.2. The number of halogens is 2. The van der Waals surface area contributed by atoms with E-state index in [2.05, 4.69) is 221 Å². The Kier molecular flexibility index (Phi) is 16.1. The SMILES string of the molecule is CCC(C)c1ccccc1-c1cc2c(cc1C(C)(C)C)-c1cc(C(C)(C)C)c(-c3ccccc3C(C)CC)cc1[CH]2[Zr]([C]1=CC=CC1)=[C](Cc1ccccc1)Cc1ccccc1.Cl.Cl. The van der Waals surface area contributed by atoms with Crippen LogP contribution in [0.3, 0.4) is 0 Å². The van der Waals surface area contributed by atoms with Crippen LogP contribution in [-0.2, 0) is 44.9 Å². The summed E-state index contributed by atoms with van der Waals surface area (Å²) in [5.74, 6) is 0.945. The average Bonchev–Trinajstić information content (AvgIpc) is 3.92. The van der Waals surface area contributed by atoms with Gasteiger partial charge in [-0.3, -0.25) is 0 Å². The molecule has 3 heteroatoms. The summed E-state index contributed by atoms with van der Waals surface area (Å²) in [4.78, 5) is 0. The maximum absolute atomic E-state index is 2.87. The van der Waals surface area contributed by atoms with Crippen LogP contribution in [0.4, 0.5) is 0 Å². The fraction of sp³-hybridized carbons (Fsp3) is 0.328. The Balaban J connectivity index is 0.00000340. The maximum Gasteiger partial charge on any atom is -0.147 e. The number of hydrogen-bond donors (Lipinski definition) is 0. The zero-order chi connectivity index (χ0) is 43.8. The van der Waals surface area contributed by atoms with Crippen LogP contribution >= 0.6 is 24.8 Å². The molecule has 0 bridgehead atoms. The second kappa shape index (κ2) is 20.8. The van der Waals surface area contributed by atoms with E-state index in [1.165, 1.54) is 66.8 Å². The second-order valence-electron chi connectivity index (χ2n) is 20.4. The molecule has 332 valence electrons. The predicted molar refractivity (Wildman–Crippen MR) is 281 cm³/mol. The van der Waals surface area contributed by atoms with Crippen molar-refractivity contribution in [3.8, 4) is 33.4 Å². The molecule has 0 amide bonds. The van der Waals surface area contributed by atoms with Gasteiger partial charge in [-0.05, 0) is 0 Å². The smallest absolute Gasteiger partial charge is 0.147 e. The van der Waals surface area contributed by atoms with E-state index in [1.54, 1.807) is 17.6 Å². The van der Waals surface area contributed by atoms with Gasteiger partial charge in [0.1, 0.15) is 0 Å². The predicted octanol–water partition coefficient (Wildman–Crippen LogP) is 17.7. The van der Waals surface area contributed by atoms with E-state index in [-0.39, 0.29) is 35.6 Å². The van der Waals surface area contributed by atoms with E-state index in [0.29, 0.717) is 15.5 Å². The van der Waals surface area contributed by atoms with Crippen molar-refractivity contribution in [2.45, 2.75) is 128 Å². The van der Waals surface area contributed by atoms with Crippen LogP contribution in [0.25, 0.3) is 33.4 Å². The second-order valence-corrected chi connectivity index (χ2v) is 27.1.